The van der Waals surface area contributed by atoms with E-state index < -0.39 is 24.6 Å². The number of halogens is 3. The van der Waals surface area contributed by atoms with Crippen LogP contribution in [0.25, 0.3) is 0 Å². The monoisotopic (exact) mass is 259 g/mol. The second kappa shape index (κ2) is 5.28. The Morgan fingerprint density at radius 2 is 1.83 bits per heavy atom. The highest BCUT2D eigenvalue weighted by atomic mass is 19.4. The molecule has 2 nitrogen and oxygen atoms in total. The third-order valence-electron chi connectivity index (χ3n) is 3.42. The van der Waals surface area contributed by atoms with Gasteiger partial charge in [-0.2, -0.15) is 13.2 Å². The van der Waals surface area contributed by atoms with E-state index in [1.165, 1.54) is 0 Å². The number of alkyl halides is 3. The lowest BCUT2D eigenvalue weighted by molar-refractivity contribution is -0.183. The zero-order chi connectivity index (χ0) is 13.2. The molecule has 1 fully saturated rings. The average molecular weight is 259 g/mol. The van der Waals surface area contributed by atoms with E-state index in [-0.39, 0.29) is 6.54 Å². The minimum absolute atomic E-state index is 0.0242. The Kier molecular flexibility index (Phi) is 3.92. The minimum Gasteiger partial charge on any atom is -0.396 e. The van der Waals surface area contributed by atoms with Crippen molar-refractivity contribution in [3.05, 3.63) is 35.9 Å². The van der Waals surface area contributed by atoms with Crippen LogP contribution >= 0.6 is 0 Å². The van der Waals surface area contributed by atoms with Crippen molar-refractivity contribution in [2.75, 3.05) is 19.7 Å². The number of aliphatic hydroxyl groups is 1. The van der Waals surface area contributed by atoms with Gasteiger partial charge in [-0.25, -0.2) is 0 Å². The molecule has 0 aromatic heterocycles. The van der Waals surface area contributed by atoms with Crippen molar-refractivity contribution in [1.82, 2.24) is 4.90 Å². The standard InChI is InChI=1S/C13H16F3NO/c14-13(15,16)12-8-17(7-11(12)9-18)6-10-4-2-1-3-5-10/h1-5,11-12,18H,6-9H2/t11-,12-/m1/s1. The topological polar surface area (TPSA) is 23.5 Å². The van der Waals surface area contributed by atoms with Crippen LogP contribution < -0.4 is 0 Å². The van der Waals surface area contributed by atoms with Gasteiger partial charge in [-0.15, -0.1) is 0 Å². The maximum Gasteiger partial charge on any atom is 0.393 e. The Morgan fingerprint density at radius 1 is 1.17 bits per heavy atom. The van der Waals surface area contributed by atoms with Gasteiger partial charge in [-0.05, 0) is 5.56 Å². The van der Waals surface area contributed by atoms with Gasteiger partial charge in [-0.1, -0.05) is 30.3 Å². The van der Waals surface area contributed by atoms with Gasteiger partial charge in [0.1, 0.15) is 0 Å². The highest BCUT2D eigenvalue weighted by Crippen LogP contribution is 2.37. The highest BCUT2D eigenvalue weighted by molar-refractivity contribution is 5.14. The Hall–Kier alpha value is -1.07. The molecular weight excluding hydrogens is 243 g/mol. The van der Waals surface area contributed by atoms with Gasteiger partial charge >= 0.3 is 6.18 Å². The summed E-state index contributed by atoms with van der Waals surface area (Å²) in [7, 11) is 0. The Labute approximate surface area is 104 Å². The van der Waals surface area contributed by atoms with Gasteiger partial charge in [0, 0.05) is 32.2 Å². The lowest BCUT2D eigenvalue weighted by Gasteiger charge is -2.19. The van der Waals surface area contributed by atoms with Gasteiger partial charge in [0.05, 0.1) is 5.92 Å². The quantitative estimate of drug-likeness (QED) is 0.900. The first-order valence-electron chi connectivity index (χ1n) is 5.94. The zero-order valence-electron chi connectivity index (χ0n) is 9.90. The Morgan fingerprint density at radius 3 is 2.33 bits per heavy atom. The van der Waals surface area contributed by atoms with Crippen LogP contribution in [0.15, 0.2) is 30.3 Å². The molecule has 2 atom stereocenters. The van der Waals surface area contributed by atoms with E-state index in [0.717, 1.165) is 5.56 Å². The number of benzene rings is 1. The van der Waals surface area contributed by atoms with E-state index >= 15 is 0 Å². The van der Waals surface area contributed by atoms with Crippen molar-refractivity contribution >= 4 is 0 Å². The van der Waals surface area contributed by atoms with Gasteiger partial charge in [0.15, 0.2) is 0 Å². The number of rotatable bonds is 3. The molecule has 1 aliphatic heterocycles. The molecule has 1 heterocycles. The molecule has 0 amide bonds. The predicted molar refractivity (Wildman–Crippen MR) is 61.8 cm³/mol. The van der Waals surface area contributed by atoms with Crippen LogP contribution in [-0.2, 0) is 6.54 Å². The van der Waals surface area contributed by atoms with Gasteiger partial charge in [-0.3, -0.25) is 4.90 Å². The van der Waals surface area contributed by atoms with Crippen molar-refractivity contribution in [2.24, 2.45) is 11.8 Å². The fourth-order valence-electron chi connectivity index (χ4n) is 2.49. The fourth-order valence-corrected chi connectivity index (χ4v) is 2.49. The molecule has 1 saturated heterocycles. The number of hydrogen-bond acceptors (Lipinski definition) is 2. The molecular formula is C13H16F3NO. The van der Waals surface area contributed by atoms with Gasteiger partial charge in [0.25, 0.3) is 0 Å². The SMILES string of the molecule is OC[C@H]1CN(Cc2ccccc2)C[C@H]1C(F)(F)F. The first-order chi connectivity index (χ1) is 8.50. The summed E-state index contributed by atoms with van der Waals surface area (Å²) in [5.41, 5.74) is 0.997. The summed E-state index contributed by atoms with van der Waals surface area (Å²) in [5.74, 6) is -2.11. The molecule has 0 spiro atoms. The molecule has 0 saturated carbocycles. The summed E-state index contributed by atoms with van der Waals surface area (Å²) < 4.78 is 38.3. The van der Waals surface area contributed by atoms with Crippen LogP contribution in [0.2, 0.25) is 0 Å². The average Bonchev–Trinajstić information content (AvgIpc) is 2.73. The second-order valence-electron chi connectivity index (χ2n) is 4.77. The second-order valence-corrected chi connectivity index (χ2v) is 4.77. The van der Waals surface area contributed by atoms with Crippen LogP contribution in [0.1, 0.15) is 5.56 Å². The summed E-state index contributed by atoms with van der Waals surface area (Å²) in [4.78, 5) is 1.76. The third-order valence-corrected chi connectivity index (χ3v) is 3.42. The molecule has 1 aromatic carbocycles. The first-order valence-corrected chi connectivity index (χ1v) is 5.94. The summed E-state index contributed by atoms with van der Waals surface area (Å²) in [6, 6.07) is 9.42. The lowest BCUT2D eigenvalue weighted by Crippen LogP contribution is -2.31. The van der Waals surface area contributed by atoms with E-state index in [1.807, 2.05) is 30.3 Å². The van der Waals surface area contributed by atoms with E-state index in [2.05, 4.69) is 0 Å². The van der Waals surface area contributed by atoms with Crippen LogP contribution in [0.4, 0.5) is 13.2 Å². The van der Waals surface area contributed by atoms with Crippen LogP contribution in [-0.4, -0.2) is 35.9 Å². The van der Waals surface area contributed by atoms with Gasteiger partial charge < -0.3 is 5.11 Å². The molecule has 18 heavy (non-hydrogen) atoms. The number of likely N-dealkylation sites (tertiary alicyclic amines) is 1. The van der Waals surface area contributed by atoms with Crippen molar-refractivity contribution in [2.45, 2.75) is 12.7 Å². The largest absolute Gasteiger partial charge is 0.396 e. The lowest BCUT2D eigenvalue weighted by atomic mass is 9.97. The normalized spacial score (nSPS) is 25.6. The van der Waals surface area contributed by atoms with Gasteiger partial charge in [0.2, 0.25) is 0 Å². The summed E-state index contributed by atoms with van der Waals surface area (Å²) in [6.45, 7) is 0.374. The summed E-state index contributed by atoms with van der Waals surface area (Å²) in [5, 5.41) is 9.06. The molecule has 0 aliphatic carbocycles. The van der Waals surface area contributed by atoms with E-state index in [9.17, 15) is 13.2 Å². The Bertz CT molecular complexity index is 380. The fraction of sp³-hybridized carbons (Fsp3) is 0.538. The predicted octanol–water partition coefficient (Wildman–Crippen LogP) is 2.29. The van der Waals surface area contributed by atoms with Crippen molar-refractivity contribution < 1.29 is 18.3 Å². The van der Waals surface area contributed by atoms with E-state index in [4.69, 9.17) is 5.11 Å². The molecule has 1 aromatic rings. The van der Waals surface area contributed by atoms with Crippen LogP contribution in [0.5, 0.6) is 0 Å². The third kappa shape index (κ3) is 3.03. The molecule has 0 bridgehead atoms. The van der Waals surface area contributed by atoms with Crippen LogP contribution in [0, 0.1) is 11.8 Å². The van der Waals surface area contributed by atoms with Crippen molar-refractivity contribution in [3.63, 3.8) is 0 Å². The Balaban J connectivity index is 2.01. The molecule has 1 N–H and O–H groups in total. The maximum atomic E-state index is 12.8. The molecule has 0 unspecified atom stereocenters. The number of nitrogens with zero attached hydrogens (tertiary/aromatic N) is 1. The molecule has 2 rings (SSSR count). The number of aliphatic hydroxyl groups excluding tert-OH is 1. The van der Waals surface area contributed by atoms with Crippen molar-refractivity contribution in [1.29, 1.82) is 0 Å². The summed E-state index contributed by atoms with van der Waals surface area (Å²) >= 11 is 0. The van der Waals surface area contributed by atoms with Crippen LogP contribution in [0.3, 0.4) is 0 Å². The van der Waals surface area contributed by atoms with E-state index in [0.29, 0.717) is 13.1 Å². The molecule has 100 valence electrons. The number of hydrogen-bond donors (Lipinski definition) is 1. The summed E-state index contributed by atoms with van der Waals surface area (Å²) in [6.07, 6.45) is -4.22. The minimum atomic E-state index is -4.22. The molecule has 0 radical (unpaired) electrons. The van der Waals surface area contributed by atoms with E-state index in [1.54, 1.807) is 4.90 Å². The maximum absolute atomic E-state index is 12.8. The first kappa shape index (κ1) is 13.4. The van der Waals surface area contributed by atoms with Crippen molar-refractivity contribution in [3.8, 4) is 0 Å². The smallest absolute Gasteiger partial charge is 0.393 e. The molecule has 1 aliphatic rings. The molecule has 5 heteroatoms. The highest BCUT2D eigenvalue weighted by Gasteiger charge is 2.49. The zero-order valence-corrected chi connectivity index (χ0v) is 9.90.